The third-order valence-electron chi connectivity index (χ3n) is 5.80. The minimum atomic E-state index is -1.12. The van der Waals surface area contributed by atoms with Crippen molar-refractivity contribution < 1.29 is 14.3 Å². The van der Waals surface area contributed by atoms with E-state index in [1.54, 1.807) is 0 Å². The van der Waals surface area contributed by atoms with Crippen LogP contribution in [0, 0.1) is 6.92 Å². The number of nitrogens with zero attached hydrogens (tertiary/aromatic N) is 3. The van der Waals surface area contributed by atoms with Crippen LogP contribution in [-0.4, -0.2) is 29.0 Å². The number of carbonyl (C=O) groups is 1. The summed E-state index contributed by atoms with van der Waals surface area (Å²) in [6, 6.07) is 13.6. The first-order valence-electron chi connectivity index (χ1n) is 9.83. The molecule has 6 nitrogen and oxygen atoms in total. The lowest BCUT2D eigenvalue weighted by Crippen LogP contribution is -2.34. The maximum Gasteiger partial charge on any atom is 0.342 e. The van der Waals surface area contributed by atoms with Crippen LogP contribution in [0.2, 0.25) is 0 Å². The molecule has 1 unspecified atom stereocenters. The summed E-state index contributed by atoms with van der Waals surface area (Å²) in [5, 5.41) is 0. The van der Waals surface area contributed by atoms with Gasteiger partial charge in [-0.25, -0.2) is 14.8 Å². The molecule has 2 aliphatic rings. The molecule has 0 fully saturated rings. The number of rotatable bonds is 3. The fraction of sp³-hybridized carbons (Fsp3) is 0.261. The van der Waals surface area contributed by atoms with Crippen molar-refractivity contribution in [1.82, 2.24) is 9.97 Å². The smallest absolute Gasteiger partial charge is 0.342 e. The van der Waals surface area contributed by atoms with Gasteiger partial charge >= 0.3 is 5.97 Å². The number of anilines is 1. The number of fused-ring (bicyclic) bond motifs is 6. The van der Waals surface area contributed by atoms with E-state index in [4.69, 9.17) is 9.47 Å². The van der Waals surface area contributed by atoms with Gasteiger partial charge in [0.1, 0.15) is 12.1 Å². The molecule has 0 amide bonds. The summed E-state index contributed by atoms with van der Waals surface area (Å²) in [6.07, 6.45) is 1.47. The van der Waals surface area contributed by atoms with Crippen molar-refractivity contribution in [1.29, 1.82) is 0 Å². The Morgan fingerprint density at radius 2 is 1.76 bits per heavy atom. The van der Waals surface area contributed by atoms with E-state index in [0.29, 0.717) is 22.8 Å². The number of hydrogen-bond donors (Lipinski definition) is 0. The van der Waals surface area contributed by atoms with Crippen LogP contribution in [0.15, 0.2) is 48.8 Å². The van der Waals surface area contributed by atoms with Crippen LogP contribution in [0.4, 0.5) is 5.69 Å². The summed E-state index contributed by atoms with van der Waals surface area (Å²) in [6.45, 7) is 7.64. The number of benzene rings is 2. The molecule has 3 heterocycles. The van der Waals surface area contributed by atoms with Gasteiger partial charge in [0.2, 0.25) is 5.88 Å². The van der Waals surface area contributed by atoms with Crippen molar-refractivity contribution >= 4 is 11.7 Å². The van der Waals surface area contributed by atoms with Crippen molar-refractivity contribution in [2.75, 3.05) is 18.0 Å². The predicted octanol–water partition coefficient (Wildman–Crippen LogP) is 4.20. The van der Waals surface area contributed by atoms with E-state index in [-0.39, 0.29) is 5.97 Å². The predicted molar refractivity (Wildman–Crippen MR) is 109 cm³/mol. The molecule has 3 aromatic rings. The fourth-order valence-corrected chi connectivity index (χ4v) is 4.53. The third-order valence-corrected chi connectivity index (χ3v) is 5.80. The first kappa shape index (κ1) is 17.7. The monoisotopic (exact) mass is 387 g/mol. The SMILES string of the molecule is CCN(CC)c1cccc2c1C(=O)OC21c2ccccc2Oc2ncnc(C)c21. The molecule has 0 bridgehead atoms. The third kappa shape index (κ3) is 2.26. The number of esters is 1. The number of aromatic nitrogens is 2. The van der Waals surface area contributed by atoms with Crippen LogP contribution < -0.4 is 9.64 Å². The molecule has 29 heavy (non-hydrogen) atoms. The summed E-state index contributed by atoms with van der Waals surface area (Å²) < 4.78 is 12.3. The molecule has 5 rings (SSSR count). The molecule has 0 saturated heterocycles. The van der Waals surface area contributed by atoms with E-state index in [0.717, 1.165) is 35.6 Å². The normalized spacial score (nSPS) is 18.5. The highest BCUT2D eigenvalue weighted by atomic mass is 16.6. The van der Waals surface area contributed by atoms with Crippen LogP contribution in [0.3, 0.4) is 0 Å². The molecule has 1 atom stereocenters. The maximum absolute atomic E-state index is 13.3. The van der Waals surface area contributed by atoms with E-state index in [1.807, 2.05) is 49.4 Å². The Morgan fingerprint density at radius 1 is 1.00 bits per heavy atom. The quantitative estimate of drug-likeness (QED) is 0.628. The molecule has 6 heteroatoms. The van der Waals surface area contributed by atoms with Crippen LogP contribution >= 0.6 is 0 Å². The Bertz CT molecular complexity index is 1140. The number of hydrogen-bond acceptors (Lipinski definition) is 6. The van der Waals surface area contributed by atoms with E-state index in [9.17, 15) is 4.79 Å². The van der Waals surface area contributed by atoms with Gasteiger partial charge in [0.25, 0.3) is 0 Å². The average Bonchev–Trinajstić information content (AvgIpc) is 3.03. The van der Waals surface area contributed by atoms with Crippen LogP contribution in [0.1, 0.15) is 46.6 Å². The highest BCUT2D eigenvalue weighted by molar-refractivity contribution is 6.02. The van der Waals surface area contributed by atoms with Crippen molar-refractivity contribution in [3.8, 4) is 11.6 Å². The van der Waals surface area contributed by atoms with Gasteiger partial charge in [-0.2, -0.15) is 0 Å². The number of aryl methyl sites for hydroxylation is 1. The van der Waals surface area contributed by atoms with Gasteiger partial charge in [0, 0.05) is 24.2 Å². The average molecular weight is 387 g/mol. The van der Waals surface area contributed by atoms with Crippen molar-refractivity contribution in [2.24, 2.45) is 0 Å². The second-order valence-corrected chi connectivity index (χ2v) is 7.18. The Labute approximate surface area is 169 Å². The van der Waals surface area contributed by atoms with Crippen molar-refractivity contribution in [3.05, 3.63) is 76.7 Å². The number of ether oxygens (including phenoxy) is 2. The molecule has 1 spiro atoms. The van der Waals surface area contributed by atoms with Gasteiger partial charge < -0.3 is 14.4 Å². The molecule has 0 N–H and O–H groups in total. The molecular weight excluding hydrogens is 366 g/mol. The first-order valence-corrected chi connectivity index (χ1v) is 9.83. The zero-order chi connectivity index (χ0) is 20.2. The van der Waals surface area contributed by atoms with Crippen LogP contribution in [0.5, 0.6) is 11.6 Å². The number of para-hydroxylation sites is 1. The zero-order valence-corrected chi connectivity index (χ0v) is 16.6. The molecular formula is C23H21N3O3. The largest absolute Gasteiger partial charge is 0.440 e. The van der Waals surface area contributed by atoms with Gasteiger partial charge in [-0.1, -0.05) is 30.3 Å². The summed E-state index contributed by atoms with van der Waals surface area (Å²) in [4.78, 5) is 24.2. The molecule has 1 aromatic heterocycles. The van der Waals surface area contributed by atoms with E-state index >= 15 is 0 Å². The second kappa shape index (κ2) is 6.30. The van der Waals surface area contributed by atoms with Crippen LogP contribution in [-0.2, 0) is 10.3 Å². The minimum Gasteiger partial charge on any atom is -0.440 e. The van der Waals surface area contributed by atoms with Crippen molar-refractivity contribution in [3.63, 3.8) is 0 Å². The first-order chi connectivity index (χ1) is 14.1. The Kier molecular flexibility index (Phi) is 3.84. The van der Waals surface area contributed by atoms with E-state index in [1.165, 1.54) is 6.33 Å². The van der Waals surface area contributed by atoms with Crippen molar-refractivity contribution in [2.45, 2.75) is 26.4 Å². The summed E-state index contributed by atoms with van der Waals surface area (Å²) in [5.74, 6) is 0.713. The standard InChI is InChI=1S/C23H21N3O3/c1-4-26(5-2)17-11-8-10-16-19(17)22(27)29-23(16)15-9-6-7-12-18(15)28-21-20(23)14(3)24-13-25-21/h6-13H,4-5H2,1-3H3. The molecule has 0 radical (unpaired) electrons. The van der Waals surface area contributed by atoms with Crippen LogP contribution in [0.25, 0.3) is 0 Å². The lowest BCUT2D eigenvalue weighted by Gasteiger charge is -2.36. The van der Waals surface area contributed by atoms with E-state index < -0.39 is 5.60 Å². The molecule has 0 aliphatic carbocycles. The maximum atomic E-state index is 13.3. The molecule has 146 valence electrons. The number of carbonyl (C=O) groups excluding carboxylic acids is 1. The Hall–Kier alpha value is -3.41. The Morgan fingerprint density at radius 3 is 2.55 bits per heavy atom. The highest BCUT2D eigenvalue weighted by Gasteiger charge is 2.55. The lowest BCUT2D eigenvalue weighted by atomic mass is 9.77. The van der Waals surface area contributed by atoms with Gasteiger partial charge in [0.05, 0.1) is 22.5 Å². The fourth-order valence-electron chi connectivity index (χ4n) is 4.53. The molecule has 0 saturated carbocycles. The topological polar surface area (TPSA) is 64.6 Å². The highest BCUT2D eigenvalue weighted by Crippen LogP contribution is 2.57. The Balaban J connectivity index is 1.88. The summed E-state index contributed by atoms with van der Waals surface area (Å²) >= 11 is 0. The van der Waals surface area contributed by atoms with E-state index in [2.05, 4.69) is 28.7 Å². The summed E-state index contributed by atoms with van der Waals surface area (Å²) in [5.41, 5.74) is 3.36. The molecule has 2 aromatic carbocycles. The summed E-state index contributed by atoms with van der Waals surface area (Å²) in [7, 11) is 0. The molecule has 2 aliphatic heterocycles. The van der Waals surface area contributed by atoms with Gasteiger partial charge in [0.15, 0.2) is 5.60 Å². The van der Waals surface area contributed by atoms with Gasteiger partial charge in [-0.3, -0.25) is 0 Å². The van der Waals surface area contributed by atoms with Gasteiger partial charge in [-0.15, -0.1) is 0 Å². The minimum absolute atomic E-state index is 0.339. The van der Waals surface area contributed by atoms with Gasteiger partial charge in [-0.05, 0) is 32.9 Å². The zero-order valence-electron chi connectivity index (χ0n) is 16.6. The lowest BCUT2D eigenvalue weighted by molar-refractivity contribution is 0.0218. The second-order valence-electron chi connectivity index (χ2n) is 7.18.